The summed E-state index contributed by atoms with van der Waals surface area (Å²) < 4.78 is 26.5. The molecular formula is C16H13F2NO. The molecule has 2 aromatic carbocycles. The van der Waals surface area contributed by atoms with Gasteiger partial charge in [-0.3, -0.25) is 4.79 Å². The van der Waals surface area contributed by atoms with Crippen molar-refractivity contribution < 1.29 is 13.6 Å². The van der Waals surface area contributed by atoms with Gasteiger partial charge in [0.2, 0.25) is 0 Å². The average molecular weight is 273 g/mol. The Balaban J connectivity index is 1.99. The van der Waals surface area contributed by atoms with E-state index in [1.165, 1.54) is 0 Å². The quantitative estimate of drug-likeness (QED) is 0.778. The summed E-state index contributed by atoms with van der Waals surface area (Å²) >= 11 is 0. The molecule has 2 aromatic rings. The average Bonchev–Trinajstić information content (AvgIpc) is 2.45. The summed E-state index contributed by atoms with van der Waals surface area (Å²) in [6, 6.07) is 10.5. The minimum absolute atomic E-state index is 0.0409. The summed E-state index contributed by atoms with van der Waals surface area (Å²) in [7, 11) is 0. The Morgan fingerprint density at radius 3 is 2.50 bits per heavy atom. The Morgan fingerprint density at radius 1 is 1.05 bits per heavy atom. The molecular weight excluding hydrogens is 260 g/mol. The molecule has 20 heavy (non-hydrogen) atoms. The van der Waals surface area contributed by atoms with Crippen molar-refractivity contribution in [1.29, 1.82) is 0 Å². The lowest BCUT2D eigenvalue weighted by Crippen LogP contribution is -2.35. The van der Waals surface area contributed by atoms with E-state index in [9.17, 15) is 13.6 Å². The van der Waals surface area contributed by atoms with Crippen LogP contribution in [0.3, 0.4) is 0 Å². The maximum absolute atomic E-state index is 13.2. The highest BCUT2D eigenvalue weighted by atomic mass is 19.1. The van der Waals surface area contributed by atoms with E-state index >= 15 is 0 Å². The van der Waals surface area contributed by atoms with Gasteiger partial charge >= 0.3 is 0 Å². The SMILES string of the molecule is O=C(c1cc(F)cc(F)c1)N1CCCc2ccccc21. The molecule has 1 amide bonds. The summed E-state index contributed by atoms with van der Waals surface area (Å²) in [5, 5.41) is 0. The van der Waals surface area contributed by atoms with Crippen LogP contribution in [0.4, 0.5) is 14.5 Å². The lowest BCUT2D eigenvalue weighted by Gasteiger charge is -2.29. The number of hydrogen-bond donors (Lipinski definition) is 0. The number of aryl methyl sites for hydroxylation is 1. The van der Waals surface area contributed by atoms with Crippen LogP contribution in [-0.4, -0.2) is 12.5 Å². The summed E-state index contributed by atoms with van der Waals surface area (Å²) in [5.41, 5.74) is 1.96. The number of hydrogen-bond acceptors (Lipinski definition) is 1. The van der Waals surface area contributed by atoms with E-state index in [1.54, 1.807) is 4.90 Å². The van der Waals surface area contributed by atoms with Crippen molar-refractivity contribution in [3.63, 3.8) is 0 Å². The van der Waals surface area contributed by atoms with Crippen LogP contribution in [0.5, 0.6) is 0 Å². The smallest absolute Gasteiger partial charge is 0.258 e. The van der Waals surface area contributed by atoms with Gasteiger partial charge in [0.15, 0.2) is 0 Å². The highest BCUT2D eigenvalue weighted by Crippen LogP contribution is 2.28. The fourth-order valence-corrected chi connectivity index (χ4v) is 2.58. The van der Waals surface area contributed by atoms with Crippen molar-refractivity contribution in [2.45, 2.75) is 12.8 Å². The normalized spacial score (nSPS) is 14.0. The van der Waals surface area contributed by atoms with Gasteiger partial charge in [-0.05, 0) is 36.6 Å². The Morgan fingerprint density at radius 2 is 1.75 bits per heavy atom. The first-order chi connectivity index (χ1) is 9.65. The first kappa shape index (κ1) is 12.8. The van der Waals surface area contributed by atoms with Gasteiger partial charge in [-0.15, -0.1) is 0 Å². The van der Waals surface area contributed by atoms with Gasteiger partial charge in [-0.25, -0.2) is 8.78 Å². The van der Waals surface area contributed by atoms with Crippen molar-refractivity contribution >= 4 is 11.6 Å². The largest absolute Gasteiger partial charge is 0.308 e. The van der Waals surface area contributed by atoms with Gasteiger partial charge in [0.1, 0.15) is 11.6 Å². The Kier molecular flexibility index (Phi) is 3.22. The molecule has 3 rings (SSSR count). The number of rotatable bonds is 1. The minimum Gasteiger partial charge on any atom is -0.308 e. The second kappa shape index (κ2) is 5.04. The fraction of sp³-hybridized carbons (Fsp3) is 0.188. The number of para-hydroxylation sites is 1. The molecule has 1 aliphatic rings. The Hall–Kier alpha value is -2.23. The number of fused-ring (bicyclic) bond motifs is 1. The topological polar surface area (TPSA) is 20.3 Å². The molecule has 1 aliphatic heterocycles. The lowest BCUT2D eigenvalue weighted by molar-refractivity contribution is 0.0984. The van der Waals surface area contributed by atoms with Crippen molar-refractivity contribution in [1.82, 2.24) is 0 Å². The number of benzene rings is 2. The molecule has 0 atom stereocenters. The zero-order chi connectivity index (χ0) is 14.1. The van der Waals surface area contributed by atoms with Crippen LogP contribution in [-0.2, 0) is 6.42 Å². The lowest BCUT2D eigenvalue weighted by atomic mass is 10.0. The fourth-order valence-electron chi connectivity index (χ4n) is 2.58. The van der Waals surface area contributed by atoms with Gasteiger partial charge in [0.05, 0.1) is 0 Å². The third kappa shape index (κ3) is 2.29. The summed E-state index contributed by atoms with van der Waals surface area (Å²) in [6.07, 6.45) is 1.76. The number of nitrogens with zero attached hydrogens (tertiary/aromatic N) is 1. The molecule has 102 valence electrons. The van der Waals surface area contributed by atoms with Crippen molar-refractivity contribution in [2.24, 2.45) is 0 Å². The van der Waals surface area contributed by atoms with Crippen LogP contribution >= 0.6 is 0 Å². The number of amides is 1. The number of carbonyl (C=O) groups is 1. The number of anilines is 1. The van der Waals surface area contributed by atoms with Gasteiger partial charge in [-0.2, -0.15) is 0 Å². The van der Waals surface area contributed by atoms with E-state index in [4.69, 9.17) is 0 Å². The van der Waals surface area contributed by atoms with E-state index in [0.717, 1.165) is 42.3 Å². The summed E-state index contributed by atoms with van der Waals surface area (Å²) in [4.78, 5) is 14.0. The first-order valence-electron chi connectivity index (χ1n) is 6.51. The van der Waals surface area contributed by atoms with E-state index in [-0.39, 0.29) is 11.5 Å². The number of halogens is 2. The zero-order valence-electron chi connectivity index (χ0n) is 10.8. The van der Waals surface area contributed by atoms with E-state index < -0.39 is 11.6 Å². The monoisotopic (exact) mass is 273 g/mol. The molecule has 1 heterocycles. The van der Waals surface area contributed by atoms with Gasteiger partial charge < -0.3 is 4.90 Å². The maximum atomic E-state index is 13.2. The van der Waals surface area contributed by atoms with Gasteiger partial charge in [-0.1, -0.05) is 18.2 Å². The molecule has 0 saturated heterocycles. The molecule has 0 aromatic heterocycles. The van der Waals surface area contributed by atoms with Crippen molar-refractivity contribution in [2.75, 3.05) is 11.4 Å². The molecule has 0 bridgehead atoms. The maximum Gasteiger partial charge on any atom is 0.258 e. The van der Waals surface area contributed by atoms with Crippen LogP contribution < -0.4 is 4.90 Å². The Bertz CT molecular complexity index is 649. The molecule has 0 aliphatic carbocycles. The molecule has 2 nitrogen and oxygen atoms in total. The highest BCUT2D eigenvalue weighted by molar-refractivity contribution is 6.06. The molecule has 0 N–H and O–H groups in total. The van der Waals surface area contributed by atoms with Crippen molar-refractivity contribution in [3.8, 4) is 0 Å². The van der Waals surface area contributed by atoms with Gasteiger partial charge in [0, 0.05) is 23.9 Å². The van der Waals surface area contributed by atoms with Crippen LogP contribution in [0.2, 0.25) is 0 Å². The van der Waals surface area contributed by atoms with Crippen LogP contribution in [0.1, 0.15) is 22.3 Å². The van der Waals surface area contributed by atoms with Crippen LogP contribution in [0, 0.1) is 11.6 Å². The van der Waals surface area contributed by atoms with E-state index in [2.05, 4.69) is 0 Å². The Labute approximate surface area is 115 Å². The molecule has 0 saturated carbocycles. The predicted octanol–water partition coefficient (Wildman–Crippen LogP) is 3.56. The minimum atomic E-state index is -0.737. The molecule has 0 radical (unpaired) electrons. The third-order valence-electron chi connectivity index (χ3n) is 3.46. The van der Waals surface area contributed by atoms with E-state index in [1.807, 2.05) is 24.3 Å². The molecule has 0 spiro atoms. The predicted molar refractivity (Wildman–Crippen MR) is 72.8 cm³/mol. The zero-order valence-corrected chi connectivity index (χ0v) is 10.8. The molecule has 0 unspecified atom stereocenters. The van der Waals surface area contributed by atoms with Crippen LogP contribution in [0.15, 0.2) is 42.5 Å². The van der Waals surface area contributed by atoms with E-state index in [0.29, 0.717) is 6.54 Å². The van der Waals surface area contributed by atoms with Crippen molar-refractivity contribution in [3.05, 3.63) is 65.2 Å². The molecule has 0 fully saturated rings. The second-order valence-electron chi connectivity index (χ2n) is 4.85. The number of carbonyl (C=O) groups excluding carboxylic acids is 1. The highest BCUT2D eigenvalue weighted by Gasteiger charge is 2.23. The summed E-state index contributed by atoms with van der Waals surface area (Å²) in [6.45, 7) is 0.563. The second-order valence-corrected chi connectivity index (χ2v) is 4.85. The van der Waals surface area contributed by atoms with Crippen LogP contribution in [0.25, 0.3) is 0 Å². The standard InChI is InChI=1S/C16H13F2NO/c17-13-8-12(9-14(18)10-13)16(20)19-7-3-5-11-4-1-2-6-15(11)19/h1-2,4,6,8-10H,3,5,7H2. The summed E-state index contributed by atoms with van der Waals surface area (Å²) in [5.74, 6) is -1.84. The third-order valence-corrected chi connectivity index (χ3v) is 3.46. The van der Waals surface area contributed by atoms with Gasteiger partial charge in [0.25, 0.3) is 5.91 Å². The first-order valence-corrected chi connectivity index (χ1v) is 6.51. The molecule has 4 heteroatoms.